The van der Waals surface area contributed by atoms with Gasteiger partial charge in [-0.15, -0.1) is 12.4 Å². The van der Waals surface area contributed by atoms with Gasteiger partial charge >= 0.3 is 0 Å². The van der Waals surface area contributed by atoms with E-state index < -0.39 is 10.0 Å². The van der Waals surface area contributed by atoms with Gasteiger partial charge in [-0.3, -0.25) is 0 Å². The molecule has 1 heterocycles. The van der Waals surface area contributed by atoms with E-state index in [2.05, 4.69) is 10.0 Å². The van der Waals surface area contributed by atoms with E-state index in [1.54, 1.807) is 0 Å². The highest BCUT2D eigenvalue weighted by Crippen LogP contribution is 2.06. The van der Waals surface area contributed by atoms with Crippen LogP contribution in [-0.2, 0) is 10.0 Å². The first-order valence-corrected chi connectivity index (χ1v) is 7.35. The Labute approximate surface area is 105 Å². The molecule has 0 aromatic heterocycles. The van der Waals surface area contributed by atoms with E-state index in [1.807, 2.05) is 13.8 Å². The zero-order chi connectivity index (χ0) is 11.3. The molecule has 1 saturated heterocycles. The van der Waals surface area contributed by atoms with E-state index in [1.165, 1.54) is 0 Å². The topological polar surface area (TPSA) is 58.2 Å². The van der Waals surface area contributed by atoms with Crippen molar-refractivity contribution < 1.29 is 8.42 Å². The van der Waals surface area contributed by atoms with Crippen molar-refractivity contribution in [1.82, 2.24) is 10.0 Å². The van der Waals surface area contributed by atoms with Gasteiger partial charge in [0.1, 0.15) is 0 Å². The van der Waals surface area contributed by atoms with E-state index in [-0.39, 0.29) is 24.2 Å². The highest BCUT2D eigenvalue weighted by molar-refractivity contribution is 7.89. The Kier molecular flexibility index (Phi) is 7.55. The average Bonchev–Trinajstić information content (AvgIpc) is 2.16. The van der Waals surface area contributed by atoms with Crippen LogP contribution in [0.4, 0.5) is 0 Å². The molecule has 98 valence electrons. The van der Waals surface area contributed by atoms with Crippen LogP contribution >= 0.6 is 12.4 Å². The van der Waals surface area contributed by atoms with Gasteiger partial charge in [-0.05, 0) is 38.3 Å². The smallest absolute Gasteiger partial charge is 0.211 e. The van der Waals surface area contributed by atoms with Crippen LogP contribution in [0.5, 0.6) is 0 Å². The van der Waals surface area contributed by atoms with Gasteiger partial charge < -0.3 is 5.32 Å². The van der Waals surface area contributed by atoms with Crippen LogP contribution < -0.4 is 10.0 Å². The summed E-state index contributed by atoms with van der Waals surface area (Å²) >= 11 is 0. The molecule has 0 spiro atoms. The predicted molar refractivity (Wildman–Crippen MR) is 69.5 cm³/mol. The maximum absolute atomic E-state index is 11.7. The summed E-state index contributed by atoms with van der Waals surface area (Å²) in [4.78, 5) is 0. The van der Waals surface area contributed by atoms with Crippen molar-refractivity contribution in [2.75, 3.05) is 18.8 Å². The number of nitrogens with one attached hydrogen (secondary N) is 2. The van der Waals surface area contributed by atoms with Crippen LogP contribution in [0, 0.1) is 5.92 Å². The van der Waals surface area contributed by atoms with Gasteiger partial charge in [0.2, 0.25) is 10.0 Å². The van der Waals surface area contributed by atoms with Crippen molar-refractivity contribution in [2.24, 2.45) is 5.92 Å². The molecule has 0 aromatic rings. The molecule has 0 amide bonds. The monoisotopic (exact) mass is 270 g/mol. The van der Waals surface area contributed by atoms with Crippen molar-refractivity contribution in [3.63, 3.8) is 0 Å². The first-order valence-electron chi connectivity index (χ1n) is 5.70. The zero-order valence-electron chi connectivity index (χ0n) is 10.0. The second kappa shape index (κ2) is 7.48. The number of piperidine rings is 1. The number of halogens is 1. The van der Waals surface area contributed by atoms with Crippen molar-refractivity contribution >= 4 is 22.4 Å². The summed E-state index contributed by atoms with van der Waals surface area (Å²) < 4.78 is 26.1. The van der Waals surface area contributed by atoms with Crippen LogP contribution in [0.1, 0.15) is 33.1 Å². The highest BCUT2D eigenvalue weighted by atomic mass is 35.5. The zero-order valence-corrected chi connectivity index (χ0v) is 11.7. The Morgan fingerprint density at radius 3 is 2.38 bits per heavy atom. The number of rotatable bonds is 5. The summed E-state index contributed by atoms with van der Waals surface area (Å²) in [5.74, 6) is 0.698. The lowest BCUT2D eigenvalue weighted by molar-refractivity contribution is 0.426. The summed E-state index contributed by atoms with van der Waals surface area (Å²) in [5, 5.41) is 3.22. The fourth-order valence-electron chi connectivity index (χ4n) is 1.64. The normalized spacial score (nSPS) is 18.4. The molecule has 16 heavy (non-hydrogen) atoms. The van der Waals surface area contributed by atoms with Crippen molar-refractivity contribution in [3.8, 4) is 0 Å². The molecule has 1 fully saturated rings. The third-order valence-corrected chi connectivity index (χ3v) is 4.11. The van der Waals surface area contributed by atoms with Gasteiger partial charge in [0, 0.05) is 6.04 Å². The average molecular weight is 271 g/mol. The van der Waals surface area contributed by atoms with E-state index in [4.69, 9.17) is 0 Å². The van der Waals surface area contributed by atoms with Crippen molar-refractivity contribution in [2.45, 2.75) is 39.2 Å². The Bertz CT molecular complexity index is 275. The Morgan fingerprint density at radius 2 is 1.88 bits per heavy atom. The largest absolute Gasteiger partial charge is 0.317 e. The Balaban J connectivity index is 0.00000225. The summed E-state index contributed by atoms with van der Waals surface area (Å²) in [6.07, 6.45) is 2.54. The molecule has 4 nitrogen and oxygen atoms in total. The quantitative estimate of drug-likeness (QED) is 0.787. The molecule has 0 aliphatic carbocycles. The van der Waals surface area contributed by atoms with E-state index in [0.717, 1.165) is 32.4 Å². The maximum Gasteiger partial charge on any atom is 0.211 e. The van der Waals surface area contributed by atoms with E-state index >= 15 is 0 Å². The summed E-state index contributed by atoms with van der Waals surface area (Å²) in [6, 6.07) is 0.142. The number of sulfonamides is 1. The van der Waals surface area contributed by atoms with Gasteiger partial charge in [0.25, 0.3) is 0 Å². The summed E-state index contributed by atoms with van der Waals surface area (Å²) in [6.45, 7) is 5.91. The first kappa shape index (κ1) is 16.2. The standard InChI is InChI=1S/C10H22N2O2S.ClH/c1-9(2)5-8-15(13,14)12-10-3-6-11-7-4-10;/h9-12H,3-8H2,1-2H3;1H. The summed E-state index contributed by atoms with van der Waals surface area (Å²) in [7, 11) is -3.05. The van der Waals surface area contributed by atoms with Crippen molar-refractivity contribution in [1.29, 1.82) is 0 Å². The molecule has 0 bridgehead atoms. The second-order valence-electron chi connectivity index (χ2n) is 4.64. The predicted octanol–water partition coefficient (Wildman–Crippen LogP) is 1.13. The third-order valence-electron chi connectivity index (χ3n) is 2.65. The Hall–Kier alpha value is 0.160. The maximum atomic E-state index is 11.7. The Morgan fingerprint density at radius 1 is 1.31 bits per heavy atom. The third kappa shape index (κ3) is 6.68. The van der Waals surface area contributed by atoms with E-state index in [9.17, 15) is 8.42 Å². The number of hydrogen-bond acceptors (Lipinski definition) is 3. The lowest BCUT2D eigenvalue weighted by Crippen LogP contribution is -2.43. The van der Waals surface area contributed by atoms with Crippen LogP contribution in [0.3, 0.4) is 0 Å². The molecule has 0 aromatic carbocycles. The lowest BCUT2D eigenvalue weighted by atomic mass is 10.1. The number of hydrogen-bond donors (Lipinski definition) is 2. The van der Waals surface area contributed by atoms with Crippen molar-refractivity contribution in [3.05, 3.63) is 0 Å². The van der Waals surface area contributed by atoms with Gasteiger partial charge in [-0.1, -0.05) is 13.8 Å². The van der Waals surface area contributed by atoms with Gasteiger partial charge in [0.15, 0.2) is 0 Å². The molecule has 2 N–H and O–H groups in total. The minimum Gasteiger partial charge on any atom is -0.317 e. The lowest BCUT2D eigenvalue weighted by Gasteiger charge is -2.23. The fourth-order valence-corrected chi connectivity index (χ4v) is 3.29. The second-order valence-corrected chi connectivity index (χ2v) is 6.52. The van der Waals surface area contributed by atoms with Crippen LogP contribution in [0.15, 0.2) is 0 Å². The molecule has 6 heteroatoms. The van der Waals surface area contributed by atoms with Crippen LogP contribution in [-0.4, -0.2) is 33.3 Å². The minimum absolute atomic E-state index is 0. The molecule has 1 aliphatic rings. The molecule has 1 rings (SSSR count). The molecule has 0 radical (unpaired) electrons. The first-order chi connectivity index (χ1) is 6.99. The molecule has 1 aliphatic heterocycles. The summed E-state index contributed by atoms with van der Waals surface area (Å²) in [5.41, 5.74) is 0. The molecule has 0 unspecified atom stereocenters. The van der Waals surface area contributed by atoms with E-state index in [0.29, 0.717) is 5.92 Å². The fraction of sp³-hybridized carbons (Fsp3) is 1.00. The molecular formula is C10H23ClN2O2S. The molecular weight excluding hydrogens is 248 g/mol. The van der Waals surface area contributed by atoms with Gasteiger partial charge in [-0.25, -0.2) is 13.1 Å². The SMILES string of the molecule is CC(C)CCS(=O)(=O)NC1CCNCC1.Cl. The molecule has 0 saturated carbocycles. The van der Waals surface area contributed by atoms with Crippen LogP contribution in [0.2, 0.25) is 0 Å². The van der Waals surface area contributed by atoms with Gasteiger partial charge in [-0.2, -0.15) is 0 Å². The van der Waals surface area contributed by atoms with Gasteiger partial charge in [0.05, 0.1) is 5.75 Å². The van der Waals surface area contributed by atoms with Crippen LogP contribution in [0.25, 0.3) is 0 Å². The minimum atomic E-state index is -3.05. The molecule has 0 atom stereocenters. The highest BCUT2D eigenvalue weighted by Gasteiger charge is 2.19.